The zero-order chi connectivity index (χ0) is 27.8. The molecule has 0 atom stereocenters. The summed E-state index contributed by atoms with van der Waals surface area (Å²) in [4.78, 5) is 8.85. The van der Waals surface area contributed by atoms with E-state index >= 15 is 0 Å². The maximum atomic E-state index is 4.48. The van der Waals surface area contributed by atoms with Crippen molar-refractivity contribution in [3.8, 4) is 44.8 Å². The number of pyridine rings is 2. The molecule has 0 aliphatic heterocycles. The second kappa shape index (κ2) is 21.1. The fourth-order valence-electron chi connectivity index (χ4n) is 4.05. The fourth-order valence-corrected chi connectivity index (χ4v) is 4.05. The normalized spacial score (nSPS) is 9.67. The van der Waals surface area contributed by atoms with Crippen LogP contribution in [0.5, 0.6) is 0 Å². The molecule has 6 aromatic rings. The minimum Gasteiger partial charge on any atom is -0.408 e. The topological polar surface area (TPSA) is 25.8 Å². The molecule has 6 heteroatoms. The van der Waals surface area contributed by atoms with Crippen LogP contribution in [0.2, 0.25) is 0 Å². The summed E-state index contributed by atoms with van der Waals surface area (Å²) in [7, 11) is 0. The molecule has 5 radical (unpaired) electrons. The molecule has 6 rings (SSSR count). The number of aromatic nitrogens is 2. The second-order valence-electron chi connectivity index (χ2n) is 10.2. The quantitative estimate of drug-likeness (QED) is 0.131. The SMILES string of the molecule is CC(C)(C)c1ccc(-c2[c-]cccc2)nc1.[B].[CH3-].[Ir].[Y+3].[Y].[c-]1ccc(-c2[c-]c(-c3ccccn3)[c-]cc2)[c-]c1-c1[c-]cccc1. The van der Waals surface area contributed by atoms with Crippen molar-refractivity contribution in [1.29, 1.82) is 0 Å². The third-order valence-corrected chi connectivity index (χ3v) is 6.28. The largest absolute Gasteiger partial charge is 3.00 e. The summed E-state index contributed by atoms with van der Waals surface area (Å²) in [5, 5.41) is 0. The van der Waals surface area contributed by atoms with Gasteiger partial charge in [0, 0.05) is 73.6 Å². The van der Waals surface area contributed by atoms with Gasteiger partial charge in [0.05, 0.1) is 0 Å². The predicted molar refractivity (Wildman–Crippen MR) is 174 cm³/mol. The molecule has 0 aliphatic rings. The van der Waals surface area contributed by atoms with E-state index in [9.17, 15) is 0 Å². The minimum absolute atomic E-state index is 0. The Morgan fingerprint density at radius 1 is 0.556 bits per heavy atom. The summed E-state index contributed by atoms with van der Waals surface area (Å²) < 4.78 is 0. The van der Waals surface area contributed by atoms with Gasteiger partial charge in [-0.3, -0.25) is 17.7 Å². The molecule has 0 spiro atoms. The Morgan fingerprint density at radius 3 is 1.64 bits per heavy atom. The molecule has 2 nitrogen and oxygen atoms in total. The summed E-state index contributed by atoms with van der Waals surface area (Å²) in [6, 6.07) is 53.1. The van der Waals surface area contributed by atoms with Gasteiger partial charge in [0.2, 0.25) is 0 Å². The molecule has 0 bridgehead atoms. The van der Waals surface area contributed by atoms with Gasteiger partial charge < -0.3 is 46.2 Å². The molecule has 2 heterocycles. The van der Waals surface area contributed by atoms with Gasteiger partial charge in [0.25, 0.3) is 0 Å². The first-order valence-electron chi connectivity index (χ1n) is 13.2. The van der Waals surface area contributed by atoms with E-state index in [1.165, 1.54) is 5.56 Å². The summed E-state index contributed by atoms with van der Waals surface area (Å²) >= 11 is 0. The van der Waals surface area contributed by atoms with Gasteiger partial charge >= 0.3 is 32.7 Å². The Kier molecular flexibility index (Phi) is 20.2. The van der Waals surface area contributed by atoms with Gasteiger partial charge in [-0.05, 0) is 22.7 Å². The van der Waals surface area contributed by atoms with Crippen LogP contribution in [0.3, 0.4) is 0 Å². The molecular formula is C39H31BIrN2Y2-4. The third-order valence-electron chi connectivity index (χ3n) is 6.28. The summed E-state index contributed by atoms with van der Waals surface area (Å²) in [6.07, 6.45) is 3.73. The summed E-state index contributed by atoms with van der Waals surface area (Å²) in [6.45, 7) is 6.58. The molecule has 45 heavy (non-hydrogen) atoms. The summed E-state index contributed by atoms with van der Waals surface area (Å²) in [5.41, 5.74) is 8.95. The van der Waals surface area contributed by atoms with Crippen molar-refractivity contribution in [3.63, 3.8) is 0 Å². The maximum absolute atomic E-state index is 4.48. The Morgan fingerprint density at radius 2 is 1.13 bits per heavy atom. The van der Waals surface area contributed by atoms with Gasteiger partial charge in [0.1, 0.15) is 0 Å². The first-order chi connectivity index (χ1) is 19.5. The molecule has 0 N–H and O–H groups in total. The van der Waals surface area contributed by atoms with Crippen molar-refractivity contribution in [2.45, 2.75) is 26.2 Å². The molecule has 0 saturated carbocycles. The molecule has 0 unspecified atom stereocenters. The van der Waals surface area contributed by atoms with Crippen LogP contribution in [0.1, 0.15) is 26.3 Å². The summed E-state index contributed by atoms with van der Waals surface area (Å²) in [5.74, 6) is 0. The van der Waals surface area contributed by atoms with Crippen LogP contribution >= 0.6 is 0 Å². The zero-order valence-electron chi connectivity index (χ0n) is 25.9. The molecule has 0 fully saturated rings. The van der Waals surface area contributed by atoms with Crippen LogP contribution in [-0.2, 0) is 90.9 Å². The minimum atomic E-state index is 0. The molecule has 219 valence electrons. The van der Waals surface area contributed by atoms with E-state index in [4.69, 9.17) is 0 Å². The van der Waals surface area contributed by atoms with Crippen LogP contribution in [-0.4, -0.2) is 18.4 Å². The van der Waals surface area contributed by atoms with Crippen LogP contribution in [0.25, 0.3) is 44.8 Å². The fraction of sp³-hybridized carbons (Fsp3) is 0.103. The van der Waals surface area contributed by atoms with Crippen molar-refractivity contribution in [1.82, 2.24) is 9.97 Å². The number of rotatable bonds is 4. The van der Waals surface area contributed by atoms with Crippen molar-refractivity contribution in [3.05, 3.63) is 165 Å². The van der Waals surface area contributed by atoms with Gasteiger partial charge in [-0.1, -0.05) is 44.7 Å². The number of nitrogens with zero attached hydrogens (tertiary/aromatic N) is 2. The molecule has 0 aliphatic carbocycles. The Balaban J connectivity index is 0.000000824. The van der Waals surface area contributed by atoms with Crippen LogP contribution in [0, 0.1) is 43.8 Å². The Bertz CT molecular complexity index is 1580. The van der Waals surface area contributed by atoms with Crippen molar-refractivity contribution in [2.24, 2.45) is 0 Å². The standard InChI is InChI=1S/C23H12N.C15H16N.CH3.B.Ir.2Y/c1-2-8-18(9-3-1)19-10-6-11-20(16-19)21-12-7-13-22(17-21)23-14-4-5-15-24-23;1-15(2,3)13-9-10-14(16-11-13)12-7-5-4-6-8-12;;;;;/h1-8,11-12,14-15H;4-7,9-11H,1-3H3;1H3;;;;/q-5;2*-1;;;;+3. The monoisotopic (exact) mass is 909 g/mol. The molecule has 4 aromatic carbocycles. The van der Waals surface area contributed by atoms with Crippen molar-refractivity contribution in [2.75, 3.05) is 0 Å². The maximum Gasteiger partial charge on any atom is 3.00 e. The van der Waals surface area contributed by atoms with Crippen LogP contribution in [0.15, 0.2) is 116 Å². The van der Waals surface area contributed by atoms with Gasteiger partial charge in [-0.25, -0.2) is 42.0 Å². The predicted octanol–water partition coefficient (Wildman–Crippen LogP) is 8.99. The first kappa shape index (κ1) is 43.1. The average Bonchev–Trinajstić information content (AvgIpc) is 3.02. The number of hydrogen-bond donors (Lipinski definition) is 0. The smallest absolute Gasteiger partial charge is 0.408 e. The van der Waals surface area contributed by atoms with Crippen molar-refractivity contribution >= 4 is 8.41 Å². The molecular weight excluding hydrogens is 877 g/mol. The number of hydrogen-bond acceptors (Lipinski definition) is 2. The van der Waals surface area contributed by atoms with E-state index in [2.05, 4.69) is 79.3 Å². The average molecular weight is 909 g/mol. The second-order valence-corrected chi connectivity index (χ2v) is 10.2. The van der Waals surface area contributed by atoms with E-state index < -0.39 is 0 Å². The van der Waals surface area contributed by atoms with Crippen molar-refractivity contribution < 1.29 is 85.5 Å². The number of benzene rings is 4. The zero-order valence-corrected chi connectivity index (χ0v) is 34.0. The van der Waals surface area contributed by atoms with Crippen LogP contribution < -0.4 is 0 Å². The van der Waals surface area contributed by atoms with Crippen LogP contribution in [0.4, 0.5) is 0 Å². The molecule has 0 saturated heterocycles. The van der Waals surface area contributed by atoms with Gasteiger partial charge in [-0.15, -0.1) is 48.0 Å². The Labute approximate surface area is 336 Å². The van der Waals surface area contributed by atoms with E-state index in [-0.39, 0.29) is 107 Å². The Hall–Kier alpha value is -1.90. The van der Waals surface area contributed by atoms with Gasteiger partial charge in [0.15, 0.2) is 0 Å². The first-order valence-corrected chi connectivity index (χ1v) is 13.2. The third kappa shape index (κ3) is 12.3. The van der Waals surface area contributed by atoms with E-state index in [0.29, 0.717) is 0 Å². The van der Waals surface area contributed by atoms with E-state index in [1.807, 2.05) is 97.2 Å². The molecule has 2 aromatic heterocycles. The van der Waals surface area contributed by atoms with E-state index in [1.54, 1.807) is 6.20 Å². The van der Waals surface area contributed by atoms with Gasteiger partial charge in [-0.2, -0.15) is 12.1 Å². The van der Waals surface area contributed by atoms with E-state index in [0.717, 1.165) is 44.8 Å². The molecule has 0 amide bonds.